The van der Waals surface area contributed by atoms with Gasteiger partial charge in [-0.25, -0.2) is 0 Å². The molecule has 2 nitrogen and oxygen atoms in total. The molecule has 0 aliphatic heterocycles. The number of nitrogens with two attached hydrogens (primary N) is 1. The highest BCUT2D eigenvalue weighted by Gasteiger charge is 2.27. The fourth-order valence-corrected chi connectivity index (χ4v) is 2.11. The lowest BCUT2D eigenvalue weighted by atomic mass is 9.78. The Kier molecular flexibility index (Phi) is 3.83. The van der Waals surface area contributed by atoms with Crippen LogP contribution in [0, 0.1) is 12.3 Å². The third-order valence-corrected chi connectivity index (χ3v) is 3.46. The largest absolute Gasteiger partial charge is 0.508 e. The Morgan fingerprint density at radius 2 is 1.56 bits per heavy atom. The number of aryl methyl sites for hydroxylation is 1. The Morgan fingerprint density at radius 3 is 1.94 bits per heavy atom. The third-order valence-electron chi connectivity index (χ3n) is 3.46. The predicted molar refractivity (Wildman–Crippen MR) is 77.9 cm³/mol. The van der Waals surface area contributed by atoms with Crippen molar-refractivity contribution in [3.05, 3.63) is 28.8 Å². The number of phenols is 1. The minimum Gasteiger partial charge on any atom is -0.508 e. The zero-order chi connectivity index (χ0) is 14.3. The molecule has 0 fully saturated rings. The van der Waals surface area contributed by atoms with Crippen LogP contribution in [0.3, 0.4) is 0 Å². The van der Waals surface area contributed by atoms with Crippen molar-refractivity contribution in [2.45, 2.75) is 59.9 Å². The lowest BCUT2D eigenvalue weighted by Crippen LogP contribution is -2.27. The van der Waals surface area contributed by atoms with Crippen molar-refractivity contribution in [2.24, 2.45) is 11.1 Å². The lowest BCUT2D eigenvalue weighted by Gasteiger charge is -2.31. The molecule has 0 spiro atoms. The topological polar surface area (TPSA) is 46.2 Å². The monoisotopic (exact) mass is 249 g/mol. The Bertz CT molecular complexity index is 436. The maximum atomic E-state index is 10.1. The fraction of sp³-hybridized carbons (Fsp3) is 0.625. The van der Waals surface area contributed by atoms with E-state index in [0.717, 1.165) is 16.7 Å². The van der Waals surface area contributed by atoms with Crippen LogP contribution in [-0.2, 0) is 5.41 Å². The van der Waals surface area contributed by atoms with E-state index < -0.39 is 0 Å². The average Bonchev–Trinajstić information content (AvgIpc) is 2.13. The summed E-state index contributed by atoms with van der Waals surface area (Å²) in [5.41, 5.74) is 9.43. The molecule has 0 saturated heterocycles. The number of hydrogen-bond donors (Lipinski definition) is 2. The molecule has 3 N–H and O–H groups in total. The van der Waals surface area contributed by atoms with Crippen LogP contribution in [0.2, 0.25) is 0 Å². The summed E-state index contributed by atoms with van der Waals surface area (Å²) in [6.45, 7) is 14.7. The lowest BCUT2D eigenvalue weighted by molar-refractivity contribution is 0.325. The van der Waals surface area contributed by atoms with Crippen LogP contribution in [0.4, 0.5) is 0 Å². The molecule has 1 atom stereocenters. The molecular weight excluding hydrogens is 222 g/mol. The van der Waals surface area contributed by atoms with Crippen molar-refractivity contribution in [1.29, 1.82) is 0 Å². The first kappa shape index (κ1) is 15.0. The zero-order valence-electron chi connectivity index (χ0n) is 12.8. The second kappa shape index (κ2) is 4.58. The molecule has 1 aromatic rings. The summed E-state index contributed by atoms with van der Waals surface area (Å²) in [5.74, 6) is 0.366. The first-order chi connectivity index (χ1) is 7.94. The van der Waals surface area contributed by atoms with E-state index in [1.165, 1.54) is 0 Å². The number of rotatable bonds is 1. The summed E-state index contributed by atoms with van der Waals surface area (Å²) in [7, 11) is 0. The van der Waals surface area contributed by atoms with Gasteiger partial charge in [-0.2, -0.15) is 0 Å². The van der Waals surface area contributed by atoms with Crippen molar-refractivity contribution >= 4 is 0 Å². The average molecular weight is 249 g/mol. The van der Waals surface area contributed by atoms with Gasteiger partial charge in [-0.3, -0.25) is 0 Å². The van der Waals surface area contributed by atoms with Crippen molar-refractivity contribution in [2.75, 3.05) is 0 Å². The van der Waals surface area contributed by atoms with Gasteiger partial charge in [0, 0.05) is 6.04 Å². The van der Waals surface area contributed by atoms with Crippen molar-refractivity contribution in [3.63, 3.8) is 0 Å². The molecular formula is C16H27NO. The summed E-state index contributed by atoms with van der Waals surface area (Å²) in [6.07, 6.45) is 0. The van der Waals surface area contributed by atoms with Gasteiger partial charge in [-0.1, -0.05) is 41.5 Å². The third kappa shape index (κ3) is 3.05. The standard InChI is InChI=1S/C16H27NO/c1-10-8-13(18)12(15(2,3)4)9-11(10)14(17)16(5,6)7/h8-9,14,18H,17H2,1-7H3. The minimum absolute atomic E-state index is 0.0108. The van der Waals surface area contributed by atoms with Gasteiger partial charge in [0.25, 0.3) is 0 Å². The highest BCUT2D eigenvalue weighted by Crippen LogP contribution is 2.38. The van der Waals surface area contributed by atoms with Gasteiger partial charge in [0.1, 0.15) is 5.75 Å². The summed E-state index contributed by atoms with van der Waals surface area (Å²) >= 11 is 0. The molecule has 1 aromatic carbocycles. The molecule has 0 bridgehead atoms. The maximum absolute atomic E-state index is 10.1. The predicted octanol–water partition coefficient (Wildman–Crippen LogP) is 4.04. The second-order valence-corrected chi connectivity index (χ2v) is 7.32. The van der Waals surface area contributed by atoms with Crippen molar-refractivity contribution in [3.8, 4) is 5.75 Å². The fourth-order valence-electron chi connectivity index (χ4n) is 2.11. The Morgan fingerprint density at radius 1 is 1.06 bits per heavy atom. The van der Waals surface area contributed by atoms with E-state index in [1.807, 2.05) is 13.0 Å². The van der Waals surface area contributed by atoms with Crippen LogP contribution in [0.25, 0.3) is 0 Å². The molecule has 0 aliphatic carbocycles. The zero-order valence-corrected chi connectivity index (χ0v) is 12.8. The Hall–Kier alpha value is -1.02. The van der Waals surface area contributed by atoms with Gasteiger partial charge in [0.05, 0.1) is 0 Å². The maximum Gasteiger partial charge on any atom is 0.119 e. The quantitative estimate of drug-likeness (QED) is 0.789. The Balaban J connectivity index is 3.39. The SMILES string of the molecule is Cc1cc(O)c(C(C)(C)C)cc1C(N)C(C)(C)C. The van der Waals surface area contributed by atoms with E-state index in [1.54, 1.807) is 0 Å². The van der Waals surface area contributed by atoms with Crippen LogP contribution >= 0.6 is 0 Å². The van der Waals surface area contributed by atoms with Gasteiger partial charge in [0.2, 0.25) is 0 Å². The van der Waals surface area contributed by atoms with E-state index in [4.69, 9.17) is 5.73 Å². The molecule has 102 valence electrons. The highest BCUT2D eigenvalue weighted by atomic mass is 16.3. The molecule has 18 heavy (non-hydrogen) atoms. The molecule has 1 rings (SSSR count). The summed E-state index contributed by atoms with van der Waals surface area (Å²) in [6, 6.07) is 3.88. The Labute approximate surface area is 111 Å². The van der Waals surface area contributed by atoms with Crippen LogP contribution in [0.5, 0.6) is 5.75 Å². The van der Waals surface area contributed by atoms with Gasteiger partial charge < -0.3 is 10.8 Å². The van der Waals surface area contributed by atoms with Crippen molar-refractivity contribution in [1.82, 2.24) is 0 Å². The first-order valence-electron chi connectivity index (χ1n) is 6.54. The number of aromatic hydroxyl groups is 1. The molecule has 0 aliphatic rings. The minimum atomic E-state index is -0.0792. The number of hydrogen-bond acceptors (Lipinski definition) is 2. The number of benzene rings is 1. The van der Waals surface area contributed by atoms with E-state index in [9.17, 15) is 5.11 Å². The van der Waals surface area contributed by atoms with Crippen molar-refractivity contribution < 1.29 is 5.11 Å². The highest BCUT2D eigenvalue weighted by molar-refractivity contribution is 5.46. The van der Waals surface area contributed by atoms with Gasteiger partial charge in [-0.05, 0) is 46.6 Å². The van der Waals surface area contributed by atoms with E-state index >= 15 is 0 Å². The van der Waals surface area contributed by atoms with Crippen LogP contribution in [-0.4, -0.2) is 5.11 Å². The van der Waals surface area contributed by atoms with Gasteiger partial charge in [-0.15, -0.1) is 0 Å². The normalized spacial score (nSPS) is 14.7. The van der Waals surface area contributed by atoms with Crippen LogP contribution in [0.1, 0.15) is 64.3 Å². The molecule has 0 radical (unpaired) electrons. The molecule has 2 heteroatoms. The number of phenolic OH excluding ortho intramolecular Hbond substituents is 1. The van der Waals surface area contributed by atoms with E-state index in [0.29, 0.717) is 5.75 Å². The smallest absolute Gasteiger partial charge is 0.119 e. The van der Waals surface area contributed by atoms with E-state index in [-0.39, 0.29) is 16.9 Å². The molecule has 1 unspecified atom stereocenters. The summed E-state index contributed by atoms with van der Waals surface area (Å²) < 4.78 is 0. The first-order valence-corrected chi connectivity index (χ1v) is 6.54. The van der Waals surface area contributed by atoms with E-state index in [2.05, 4.69) is 47.6 Å². The molecule has 0 amide bonds. The second-order valence-electron chi connectivity index (χ2n) is 7.32. The van der Waals surface area contributed by atoms with Crippen LogP contribution in [0.15, 0.2) is 12.1 Å². The van der Waals surface area contributed by atoms with Gasteiger partial charge >= 0.3 is 0 Å². The summed E-state index contributed by atoms with van der Waals surface area (Å²) in [5, 5.41) is 10.1. The summed E-state index contributed by atoms with van der Waals surface area (Å²) in [4.78, 5) is 0. The van der Waals surface area contributed by atoms with Crippen LogP contribution < -0.4 is 5.73 Å². The molecule has 0 heterocycles. The molecule has 0 saturated carbocycles. The molecule has 0 aromatic heterocycles. The van der Waals surface area contributed by atoms with Gasteiger partial charge in [0.15, 0.2) is 0 Å².